The quantitative estimate of drug-likeness (QED) is 0.879. The van der Waals surface area contributed by atoms with Gasteiger partial charge >= 0.3 is 0 Å². The van der Waals surface area contributed by atoms with Gasteiger partial charge in [-0.2, -0.15) is 0 Å². The topological polar surface area (TPSA) is 95.4 Å². The van der Waals surface area contributed by atoms with Crippen molar-refractivity contribution >= 4 is 10.0 Å². The van der Waals surface area contributed by atoms with E-state index in [1.807, 2.05) is 25.1 Å². The molecule has 2 aromatic rings. The number of primary sulfonamides is 1. The Balaban J connectivity index is 2.68. The van der Waals surface area contributed by atoms with Gasteiger partial charge in [-0.15, -0.1) is 0 Å². The highest BCUT2D eigenvalue weighted by Crippen LogP contribution is 2.32. The van der Waals surface area contributed by atoms with Crippen LogP contribution in [0.4, 0.5) is 0 Å². The van der Waals surface area contributed by atoms with Crippen molar-refractivity contribution in [3.05, 3.63) is 48.0 Å². The van der Waals surface area contributed by atoms with Gasteiger partial charge in [0.05, 0.1) is 12.0 Å². The van der Waals surface area contributed by atoms with Gasteiger partial charge in [-0.05, 0) is 42.7 Å². The van der Waals surface area contributed by atoms with Crippen LogP contribution in [0.3, 0.4) is 0 Å². The van der Waals surface area contributed by atoms with E-state index in [2.05, 4.69) is 0 Å². The maximum absolute atomic E-state index is 11.9. The zero-order valence-corrected chi connectivity index (χ0v) is 13.4. The number of rotatable bonds is 5. The van der Waals surface area contributed by atoms with Crippen molar-refractivity contribution in [2.75, 3.05) is 7.11 Å². The van der Waals surface area contributed by atoms with E-state index in [0.717, 1.165) is 11.1 Å². The van der Waals surface area contributed by atoms with Crippen molar-refractivity contribution < 1.29 is 13.2 Å². The lowest BCUT2D eigenvalue weighted by Gasteiger charge is -2.16. The Hall–Kier alpha value is -1.89. The number of hydrogen-bond acceptors (Lipinski definition) is 4. The molecule has 0 bridgehead atoms. The molecule has 0 amide bonds. The Morgan fingerprint density at radius 3 is 2.27 bits per heavy atom. The molecule has 0 aliphatic carbocycles. The molecule has 118 valence electrons. The fourth-order valence-corrected chi connectivity index (χ4v) is 3.22. The molecule has 0 radical (unpaired) electrons. The highest BCUT2D eigenvalue weighted by atomic mass is 32.2. The minimum atomic E-state index is -3.83. The summed E-state index contributed by atoms with van der Waals surface area (Å²) in [6, 6.07) is 12.2. The van der Waals surface area contributed by atoms with Crippen LogP contribution in [0.1, 0.15) is 12.5 Å². The van der Waals surface area contributed by atoms with E-state index in [1.54, 1.807) is 25.3 Å². The first-order chi connectivity index (χ1) is 10.3. The molecule has 2 rings (SSSR count). The van der Waals surface area contributed by atoms with Crippen LogP contribution in [0.2, 0.25) is 0 Å². The second-order valence-electron chi connectivity index (χ2n) is 5.25. The molecule has 22 heavy (non-hydrogen) atoms. The third-order valence-corrected chi connectivity index (χ3v) is 4.29. The normalized spacial score (nSPS) is 12.9. The van der Waals surface area contributed by atoms with E-state index >= 15 is 0 Å². The van der Waals surface area contributed by atoms with E-state index in [4.69, 9.17) is 15.6 Å². The Labute approximate surface area is 131 Å². The zero-order chi connectivity index (χ0) is 16.3. The summed E-state index contributed by atoms with van der Waals surface area (Å²) >= 11 is 0. The predicted molar refractivity (Wildman–Crippen MR) is 87.2 cm³/mol. The summed E-state index contributed by atoms with van der Waals surface area (Å²) in [5, 5.41) is 5.37. The SMILES string of the molecule is COc1ccc(-c2c(C[C@@H](C)N)cccc2S(N)(=O)=O)cc1. The number of methoxy groups -OCH3 is 1. The van der Waals surface area contributed by atoms with Gasteiger partial charge in [0, 0.05) is 11.6 Å². The minimum Gasteiger partial charge on any atom is -0.497 e. The molecule has 0 saturated carbocycles. The molecule has 1 atom stereocenters. The number of ether oxygens (including phenoxy) is 1. The van der Waals surface area contributed by atoms with E-state index in [0.29, 0.717) is 17.7 Å². The fraction of sp³-hybridized carbons (Fsp3) is 0.250. The van der Waals surface area contributed by atoms with E-state index in [1.165, 1.54) is 6.07 Å². The summed E-state index contributed by atoms with van der Waals surface area (Å²) in [6.45, 7) is 1.88. The second kappa shape index (κ2) is 6.48. The number of nitrogens with two attached hydrogens (primary N) is 2. The number of hydrogen-bond donors (Lipinski definition) is 2. The maximum atomic E-state index is 11.9. The first kappa shape index (κ1) is 16.5. The van der Waals surface area contributed by atoms with Gasteiger partial charge in [0.2, 0.25) is 10.0 Å². The molecule has 0 unspecified atom stereocenters. The Morgan fingerprint density at radius 1 is 1.14 bits per heavy atom. The lowest BCUT2D eigenvalue weighted by molar-refractivity contribution is 0.415. The monoisotopic (exact) mass is 320 g/mol. The highest BCUT2D eigenvalue weighted by Gasteiger charge is 2.19. The minimum absolute atomic E-state index is 0.0901. The average Bonchev–Trinajstić information content (AvgIpc) is 2.46. The third kappa shape index (κ3) is 3.65. The number of sulfonamides is 1. The van der Waals surface area contributed by atoms with Crippen molar-refractivity contribution in [2.24, 2.45) is 10.9 Å². The van der Waals surface area contributed by atoms with Gasteiger partial charge in [0.25, 0.3) is 0 Å². The van der Waals surface area contributed by atoms with E-state index < -0.39 is 10.0 Å². The van der Waals surface area contributed by atoms with Crippen LogP contribution in [0, 0.1) is 0 Å². The molecule has 0 heterocycles. The lowest BCUT2D eigenvalue weighted by Crippen LogP contribution is -2.20. The molecule has 0 spiro atoms. The van der Waals surface area contributed by atoms with Crippen LogP contribution in [-0.4, -0.2) is 21.6 Å². The van der Waals surface area contributed by atoms with Gasteiger partial charge in [0.1, 0.15) is 5.75 Å². The van der Waals surface area contributed by atoms with Crippen molar-refractivity contribution in [1.29, 1.82) is 0 Å². The third-order valence-electron chi connectivity index (χ3n) is 3.34. The smallest absolute Gasteiger partial charge is 0.238 e. The molecular formula is C16H20N2O3S. The van der Waals surface area contributed by atoms with Gasteiger partial charge in [-0.3, -0.25) is 0 Å². The average molecular weight is 320 g/mol. The van der Waals surface area contributed by atoms with Crippen molar-refractivity contribution in [1.82, 2.24) is 0 Å². The molecule has 2 aromatic carbocycles. The summed E-state index contributed by atoms with van der Waals surface area (Å²) in [5.74, 6) is 0.700. The number of benzene rings is 2. The van der Waals surface area contributed by atoms with Crippen molar-refractivity contribution in [3.63, 3.8) is 0 Å². The summed E-state index contributed by atoms with van der Waals surface area (Å²) in [4.78, 5) is 0.107. The summed E-state index contributed by atoms with van der Waals surface area (Å²) < 4.78 is 29.0. The molecule has 0 aliphatic rings. The zero-order valence-electron chi connectivity index (χ0n) is 12.6. The molecular weight excluding hydrogens is 300 g/mol. The molecule has 0 fully saturated rings. The van der Waals surface area contributed by atoms with Crippen LogP contribution in [0.25, 0.3) is 11.1 Å². The van der Waals surface area contributed by atoms with Gasteiger partial charge in [0.15, 0.2) is 0 Å². The summed E-state index contributed by atoms with van der Waals surface area (Å²) in [6.07, 6.45) is 0.560. The molecule has 6 heteroatoms. The molecule has 0 aliphatic heterocycles. The van der Waals surface area contributed by atoms with Crippen molar-refractivity contribution in [3.8, 4) is 16.9 Å². The van der Waals surface area contributed by atoms with E-state index in [9.17, 15) is 8.42 Å². The molecule has 4 N–H and O–H groups in total. The van der Waals surface area contributed by atoms with Crippen LogP contribution in [-0.2, 0) is 16.4 Å². The molecule has 0 aromatic heterocycles. The fourth-order valence-electron chi connectivity index (χ4n) is 2.42. The highest BCUT2D eigenvalue weighted by molar-refractivity contribution is 7.89. The maximum Gasteiger partial charge on any atom is 0.238 e. The largest absolute Gasteiger partial charge is 0.497 e. The van der Waals surface area contributed by atoms with Gasteiger partial charge in [-0.1, -0.05) is 24.3 Å². The first-order valence-electron chi connectivity index (χ1n) is 6.87. The van der Waals surface area contributed by atoms with E-state index in [-0.39, 0.29) is 10.9 Å². The van der Waals surface area contributed by atoms with Gasteiger partial charge in [-0.25, -0.2) is 13.6 Å². The predicted octanol–water partition coefficient (Wildman–Crippen LogP) is 1.90. The Kier molecular flexibility index (Phi) is 4.85. The van der Waals surface area contributed by atoms with Crippen LogP contribution in [0.5, 0.6) is 5.75 Å². The van der Waals surface area contributed by atoms with Crippen LogP contribution in [0.15, 0.2) is 47.4 Å². The van der Waals surface area contributed by atoms with Crippen molar-refractivity contribution in [2.45, 2.75) is 24.3 Å². The Morgan fingerprint density at radius 2 is 1.77 bits per heavy atom. The van der Waals surface area contributed by atoms with Crippen LogP contribution < -0.4 is 15.6 Å². The van der Waals surface area contributed by atoms with Gasteiger partial charge < -0.3 is 10.5 Å². The lowest BCUT2D eigenvalue weighted by atomic mass is 9.95. The first-order valence-corrected chi connectivity index (χ1v) is 8.42. The second-order valence-corrected chi connectivity index (χ2v) is 6.78. The summed E-state index contributed by atoms with van der Waals surface area (Å²) in [5.41, 5.74) is 8.10. The summed E-state index contributed by atoms with van der Waals surface area (Å²) in [7, 11) is -2.25. The van der Waals surface area contributed by atoms with Crippen LogP contribution >= 0.6 is 0 Å². The standard InChI is InChI=1S/C16H20N2O3S/c1-11(17)10-13-4-3-5-15(22(18,19)20)16(13)12-6-8-14(21-2)9-7-12/h3-9,11H,10,17H2,1-2H3,(H2,18,19,20)/t11-/m1/s1. The Bertz CT molecular complexity index is 753. The molecule has 5 nitrogen and oxygen atoms in total. The molecule has 0 saturated heterocycles.